The van der Waals surface area contributed by atoms with Gasteiger partial charge in [0.05, 0.1) is 0 Å². The van der Waals surface area contributed by atoms with Gasteiger partial charge in [-0.05, 0) is 31.3 Å². The van der Waals surface area contributed by atoms with Crippen LogP contribution in [0.1, 0.15) is 33.1 Å². The van der Waals surface area contributed by atoms with Crippen LogP contribution in [0.25, 0.3) is 0 Å². The second-order valence-corrected chi connectivity index (χ2v) is 5.58. The van der Waals surface area contributed by atoms with Crippen molar-refractivity contribution in [1.82, 2.24) is 4.90 Å². The van der Waals surface area contributed by atoms with Crippen LogP contribution in [0.5, 0.6) is 0 Å². The Balaban J connectivity index is 2.34. The monoisotopic (exact) mass is 245 g/mol. The standard InChI is InChI=1S/C11H20BrN/c1-4-11(3)5-7-13(8-6-11)9-10(2)12/h2,4-9H2,1,3H3. The number of piperidine rings is 1. The molecule has 0 atom stereocenters. The average Bonchev–Trinajstić information content (AvgIpc) is 2.09. The van der Waals surface area contributed by atoms with Crippen molar-refractivity contribution in [1.29, 1.82) is 0 Å². The zero-order valence-corrected chi connectivity index (χ0v) is 10.4. The molecule has 13 heavy (non-hydrogen) atoms. The minimum Gasteiger partial charge on any atom is -0.299 e. The summed E-state index contributed by atoms with van der Waals surface area (Å²) < 4.78 is 1.10. The van der Waals surface area contributed by atoms with Gasteiger partial charge in [-0.25, -0.2) is 0 Å². The lowest BCUT2D eigenvalue weighted by molar-refractivity contribution is 0.124. The van der Waals surface area contributed by atoms with E-state index in [4.69, 9.17) is 0 Å². The Morgan fingerprint density at radius 2 is 2.00 bits per heavy atom. The highest BCUT2D eigenvalue weighted by molar-refractivity contribution is 9.11. The van der Waals surface area contributed by atoms with Crippen molar-refractivity contribution in [2.24, 2.45) is 5.41 Å². The fraction of sp³-hybridized carbons (Fsp3) is 0.818. The summed E-state index contributed by atoms with van der Waals surface area (Å²) in [6.07, 6.45) is 3.99. The molecular weight excluding hydrogens is 226 g/mol. The van der Waals surface area contributed by atoms with Gasteiger partial charge in [0.15, 0.2) is 0 Å². The van der Waals surface area contributed by atoms with E-state index in [9.17, 15) is 0 Å². The van der Waals surface area contributed by atoms with Crippen LogP contribution in [0.2, 0.25) is 0 Å². The molecule has 0 aromatic carbocycles. The predicted molar refractivity (Wildman–Crippen MR) is 62.1 cm³/mol. The quantitative estimate of drug-likeness (QED) is 0.737. The van der Waals surface area contributed by atoms with Crippen LogP contribution < -0.4 is 0 Å². The molecule has 0 N–H and O–H groups in total. The summed E-state index contributed by atoms with van der Waals surface area (Å²) in [6.45, 7) is 12.1. The summed E-state index contributed by atoms with van der Waals surface area (Å²) in [4.78, 5) is 2.48. The molecule has 0 saturated carbocycles. The van der Waals surface area contributed by atoms with E-state index in [-0.39, 0.29) is 0 Å². The van der Waals surface area contributed by atoms with Crippen molar-refractivity contribution in [3.05, 3.63) is 11.1 Å². The summed E-state index contributed by atoms with van der Waals surface area (Å²) in [7, 11) is 0. The highest BCUT2D eigenvalue weighted by Gasteiger charge is 2.27. The van der Waals surface area contributed by atoms with Gasteiger partial charge in [0, 0.05) is 11.0 Å². The smallest absolute Gasteiger partial charge is 0.0293 e. The van der Waals surface area contributed by atoms with Crippen LogP contribution in [0.4, 0.5) is 0 Å². The molecule has 1 nitrogen and oxygen atoms in total. The summed E-state index contributed by atoms with van der Waals surface area (Å²) in [5.41, 5.74) is 0.601. The minimum atomic E-state index is 0.601. The van der Waals surface area contributed by atoms with Gasteiger partial charge in [-0.3, -0.25) is 4.90 Å². The molecule has 0 radical (unpaired) electrons. The van der Waals surface area contributed by atoms with Crippen molar-refractivity contribution < 1.29 is 0 Å². The maximum atomic E-state index is 3.88. The predicted octanol–water partition coefficient (Wildman–Crippen LogP) is 3.41. The van der Waals surface area contributed by atoms with Crippen LogP contribution in [0.15, 0.2) is 11.1 Å². The number of likely N-dealkylation sites (tertiary alicyclic amines) is 1. The van der Waals surface area contributed by atoms with Crippen molar-refractivity contribution >= 4 is 15.9 Å². The molecule has 0 amide bonds. The highest BCUT2D eigenvalue weighted by Crippen LogP contribution is 2.34. The SMILES string of the molecule is C=C(Br)CN1CCC(C)(CC)CC1. The van der Waals surface area contributed by atoms with Gasteiger partial charge in [0.25, 0.3) is 0 Å². The Kier molecular flexibility index (Phi) is 3.99. The summed E-state index contributed by atoms with van der Waals surface area (Å²) in [6, 6.07) is 0. The lowest BCUT2D eigenvalue weighted by Crippen LogP contribution is -2.38. The third-order valence-corrected chi connectivity index (χ3v) is 3.56. The number of halogens is 1. The van der Waals surface area contributed by atoms with Gasteiger partial charge in [-0.2, -0.15) is 0 Å². The van der Waals surface area contributed by atoms with Crippen LogP contribution >= 0.6 is 15.9 Å². The number of hydrogen-bond acceptors (Lipinski definition) is 1. The van der Waals surface area contributed by atoms with E-state index in [1.807, 2.05) is 0 Å². The molecule has 0 aromatic heterocycles. The fourth-order valence-electron chi connectivity index (χ4n) is 1.85. The number of nitrogens with zero attached hydrogens (tertiary/aromatic N) is 1. The molecule has 76 valence electrons. The van der Waals surface area contributed by atoms with Crippen molar-refractivity contribution in [3.8, 4) is 0 Å². The van der Waals surface area contributed by atoms with Crippen molar-refractivity contribution in [2.45, 2.75) is 33.1 Å². The molecule has 2 heteroatoms. The van der Waals surface area contributed by atoms with Gasteiger partial charge in [0.2, 0.25) is 0 Å². The molecule has 1 rings (SSSR count). The van der Waals surface area contributed by atoms with E-state index in [0.29, 0.717) is 5.41 Å². The normalized spacial score (nSPS) is 23.0. The van der Waals surface area contributed by atoms with E-state index in [1.165, 1.54) is 32.4 Å². The molecule has 1 fully saturated rings. The third-order valence-electron chi connectivity index (χ3n) is 3.31. The molecule has 0 bridgehead atoms. The highest BCUT2D eigenvalue weighted by atomic mass is 79.9. The largest absolute Gasteiger partial charge is 0.299 e. The zero-order valence-electron chi connectivity index (χ0n) is 8.77. The lowest BCUT2D eigenvalue weighted by Gasteiger charge is -2.38. The zero-order chi connectivity index (χ0) is 9.90. The van der Waals surface area contributed by atoms with Crippen LogP contribution in [0.3, 0.4) is 0 Å². The molecule has 1 aliphatic rings. The lowest BCUT2D eigenvalue weighted by atomic mass is 9.78. The first-order chi connectivity index (χ1) is 6.06. The minimum absolute atomic E-state index is 0.601. The molecule has 1 heterocycles. The second kappa shape index (κ2) is 4.61. The average molecular weight is 246 g/mol. The van der Waals surface area contributed by atoms with Crippen LogP contribution in [0, 0.1) is 5.41 Å². The molecule has 0 unspecified atom stereocenters. The maximum Gasteiger partial charge on any atom is 0.0293 e. The summed E-state index contributed by atoms with van der Waals surface area (Å²) in [5, 5.41) is 0. The van der Waals surface area contributed by atoms with Gasteiger partial charge < -0.3 is 0 Å². The Bertz CT molecular complexity index is 181. The van der Waals surface area contributed by atoms with E-state index >= 15 is 0 Å². The molecule has 1 aliphatic heterocycles. The van der Waals surface area contributed by atoms with Crippen LogP contribution in [-0.2, 0) is 0 Å². The molecular formula is C11H20BrN. The molecule has 0 aromatic rings. The maximum absolute atomic E-state index is 3.88. The van der Waals surface area contributed by atoms with Gasteiger partial charge in [0.1, 0.15) is 0 Å². The van der Waals surface area contributed by atoms with Gasteiger partial charge in [-0.1, -0.05) is 42.8 Å². The van der Waals surface area contributed by atoms with E-state index in [0.717, 1.165) is 11.0 Å². The molecule has 0 aliphatic carbocycles. The Labute approximate surface area is 90.3 Å². The van der Waals surface area contributed by atoms with Gasteiger partial charge in [-0.15, -0.1) is 0 Å². The molecule has 1 saturated heterocycles. The van der Waals surface area contributed by atoms with Crippen molar-refractivity contribution in [2.75, 3.05) is 19.6 Å². The fourth-order valence-corrected chi connectivity index (χ4v) is 2.20. The molecule has 0 spiro atoms. The van der Waals surface area contributed by atoms with Gasteiger partial charge >= 0.3 is 0 Å². The van der Waals surface area contributed by atoms with E-state index in [1.54, 1.807) is 0 Å². The summed E-state index contributed by atoms with van der Waals surface area (Å²) >= 11 is 3.42. The van der Waals surface area contributed by atoms with Crippen molar-refractivity contribution in [3.63, 3.8) is 0 Å². The first-order valence-electron chi connectivity index (χ1n) is 5.11. The number of rotatable bonds is 3. The topological polar surface area (TPSA) is 3.24 Å². The number of hydrogen-bond donors (Lipinski definition) is 0. The Morgan fingerprint density at radius 3 is 2.38 bits per heavy atom. The first kappa shape index (κ1) is 11.3. The van der Waals surface area contributed by atoms with E-state index < -0.39 is 0 Å². The third kappa shape index (κ3) is 3.43. The second-order valence-electron chi connectivity index (χ2n) is 4.46. The van der Waals surface area contributed by atoms with E-state index in [2.05, 4.69) is 41.3 Å². The van der Waals surface area contributed by atoms with Crippen LogP contribution in [-0.4, -0.2) is 24.5 Å². The Hall–Kier alpha value is 0.180. The first-order valence-corrected chi connectivity index (χ1v) is 5.91. The Morgan fingerprint density at radius 1 is 1.46 bits per heavy atom. The summed E-state index contributed by atoms with van der Waals surface area (Å²) in [5.74, 6) is 0.